The molecule has 4 aromatic rings. The number of anilines is 2. The zero-order valence-electron chi connectivity index (χ0n) is 16.1. The van der Waals surface area contributed by atoms with E-state index in [4.69, 9.17) is 9.72 Å². The molecule has 146 valence electrons. The molecule has 4 aromatic heterocycles. The second-order valence-corrected chi connectivity index (χ2v) is 7.25. The van der Waals surface area contributed by atoms with Gasteiger partial charge in [0.25, 0.3) is 0 Å². The normalized spacial score (nSPS) is 14.9. The van der Waals surface area contributed by atoms with Crippen LogP contribution in [0.25, 0.3) is 22.2 Å². The summed E-state index contributed by atoms with van der Waals surface area (Å²) >= 11 is 0. The third kappa shape index (κ3) is 3.79. The Balaban J connectivity index is 1.41. The van der Waals surface area contributed by atoms with Crippen LogP contribution in [0, 0.1) is 0 Å². The van der Waals surface area contributed by atoms with E-state index in [0.717, 1.165) is 48.2 Å². The Morgan fingerprint density at radius 1 is 1.00 bits per heavy atom. The third-order valence-corrected chi connectivity index (χ3v) is 5.20. The first-order valence-corrected chi connectivity index (χ1v) is 9.68. The molecule has 1 aliphatic heterocycles. The lowest BCUT2D eigenvalue weighted by molar-refractivity contribution is 0.0852. The minimum Gasteiger partial charge on any atom is -0.381 e. The number of pyridine rings is 2. The molecule has 0 spiro atoms. The second-order valence-electron chi connectivity index (χ2n) is 7.25. The highest BCUT2D eigenvalue weighted by Crippen LogP contribution is 2.28. The van der Waals surface area contributed by atoms with E-state index in [-0.39, 0.29) is 0 Å². The molecule has 5 rings (SSSR count). The van der Waals surface area contributed by atoms with Crippen molar-refractivity contribution in [3.63, 3.8) is 0 Å². The topological polar surface area (TPSA) is 90.6 Å². The van der Waals surface area contributed by atoms with Crippen molar-refractivity contribution in [3.05, 3.63) is 54.6 Å². The third-order valence-electron chi connectivity index (χ3n) is 5.20. The number of aryl methyl sites for hydroxylation is 1. The van der Waals surface area contributed by atoms with E-state index < -0.39 is 0 Å². The molecule has 1 saturated heterocycles. The maximum atomic E-state index is 5.46. The predicted octanol–water partition coefficient (Wildman–Crippen LogP) is 3.46. The van der Waals surface area contributed by atoms with Gasteiger partial charge in [-0.2, -0.15) is 10.2 Å². The van der Waals surface area contributed by atoms with Crippen molar-refractivity contribution in [2.24, 2.45) is 7.05 Å². The highest BCUT2D eigenvalue weighted by molar-refractivity contribution is 5.81. The Labute approximate surface area is 168 Å². The first kappa shape index (κ1) is 17.7. The van der Waals surface area contributed by atoms with Crippen molar-refractivity contribution >= 4 is 22.7 Å². The summed E-state index contributed by atoms with van der Waals surface area (Å²) in [6.07, 6.45) is 9.50. The van der Waals surface area contributed by atoms with Crippen LogP contribution in [-0.2, 0) is 11.8 Å². The fourth-order valence-corrected chi connectivity index (χ4v) is 3.63. The largest absolute Gasteiger partial charge is 0.381 e. The van der Waals surface area contributed by atoms with Gasteiger partial charge in [0.15, 0.2) is 5.82 Å². The molecule has 0 radical (unpaired) electrons. The Bertz CT molecular complexity index is 1150. The number of nitrogens with one attached hydrogen (secondary N) is 1. The van der Waals surface area contributed by atoms with Crippen molar-refractivity contribution in [1.29, 1.82) is 0 Å². The van der Waals surface area contributed by atoms with Gasteiger partial charge in [0, 0.05) is 43.8 Å². The summed E-state index contributed by atoms with van der Waals surface area (Å²) in [4.78, 5) is 9.24. The molecule has 8 nitrogen and oxygen atoms in total. The molecule has 0 bridgehead atoms. The summed E-state index contributed by atoms with van der Waals surface area (Å²) in [5, 5.41) is 15.9. The van der Waals surface area contributed by atoms with Gasteiger partial charge in [-0.25, -0.2) is 4.98 Å². The van der Waals surface area contributed by atoms with Gasteiger partial charge in [-0.05, 0) is 48.6 Å². The summed E-state index contributed by atoms with van der Waals surface area (Å²) in [5.41, 5.74) is 4.83. The van der Waals surface area contributed by atoms with Crippen LogP contribution in [0.2, 0.25) is 0 Å². The Morgan fingerprint density at radius 2 is 1.90 bits per heavy atom. The average molecular weight is 387 g/mol. The second kappa shape index (κ2) is 7.56. The fourth-order valence-electron chi connectivity index (χ4n) is 3.63. The van der Waals surface area contributed by atoms with Crippen LogP contribution >= 0.6 is 0 Å². The van der Waals surface area contributed by atoms with Gasteiger partial charge in [-0.3, -0.25) is 9.67 Å². The SMILES string of the molecule is Cn1cc(-c2cnc3ccc(Nc4cc(C5CCOCC5)cnn4)nc3c2)cn1. The quantitative estimate of drug-likeness (QED) is 0.573. The van der Waals surface area contributed by atoms with Gasteiger partial charge in [0.2, 0.25) is 0 Å². The van der Waals surface area contributed by atoms with E-state index in [1.54, 1.807) is 4.68 Å². The number of hydrogen-bond acceptors (Lipinski definition) is 7. The molecule has 0 saturated carbocycles. The Kier molecular flexibility index (Phi) is 4.61. The highest BCUT2D eigenvalue weighted by Gasteiger charge is 2.17. The summed E-state index contributed by atoms with van der Waals surface area (Å²) in [5.74, 6) is 1.87. The number of nitrogens with zero attached hydrogens (tertiary/aromatic N) is 6. The molecule has 0 aliphatic carbocycles. The van der Waals surface area contributed by atoms with Gasteiger partial charge in [-0.1, -0.05) is 0 Å². The van der Waals surface area contributed by atoms with Crippen molar-refractivity contribution in [2.45, 2.75) is 18.8 Å². The number of hydrogen-bond donors (Lipinski definition) is 1. The van der Waals surface area contributed by atoms with Crippen molar-refractivity contribution in [1.82, 2.24) is 29.9 Å². The van der Waals surface area contributed by atoms with E-state index in [2.05, 4.69) is 31.7 Å². The van der Waals surface area contributed by atoms with Gasteiger partial charge < -0.3 is 10.1 Å². The van der Waals surface area contributed by atoms with Gasteiger partial charge in [-0.15, -0.1) is 5.10 Å². The minimum absolute atomic E-state index is 0.468. The first-order valence-electron chi connectivity index (χ1n) is 9.68. The van der Waals surface area contributed by atoms with Crippen molar-refractivity contribution < 1.29 is 4.74 Å². The number of rotatable bonds is 4. The highest BCUT2D eigenvalue weighted by atomic mass is 16.5. The first-order chi connectivity index (χ1) is 14.2. The summed E-state index contributed by atoms with van der Waals surface area (Å²) in [6, 6.07) is 7.93. The van der Waals surface area contributed by atoms with Crippen LogP contribution in [0.1, 0.15) is 24.3 Å². The lowest BCUT2D eigenvalue weighted by atomic mass is 9.93. The molecular weight excluding hydrogens is 366 g/mol. The van der Waals surface area contributed by atoms with Crippen LogP contribution in [0.15, 0.2) is 49.1 Å². The van der Waals surface area contributed by atoms with Crippen LogP contribution < -0.4 is 5.32 Å². The molecule has 1 fully saturated rings. The van der Waals surface area contributed by atoms with Crippen LogP contribution in [0.5, 0.6) is 0 Å². The van der Waals surface area contributed by atoms with Gasteiger partial charge in [0.05, 0.1) is 23.4 Å². The van der Waals surface area contributed by atoms with E-state index in [9.17, 15) is 0 Å². The molecule has 0 aromatic carbocycles. The van der Waals surface area contributed by atoms with Crippen molar-refractivity contribution in [3.8, 4) is 11.1 Å². The molecule has 0 amide bonds. The summed E-state index contributed by atoms with van der Waals surface area (Å²) in [7, 11) is 1.90. The standard InChI is InChI=1S/C21H21N7O/c1-28-13-17(12-24-28)15-8-19-18(22-10-15)2-3-20(25-19)26-21-9-16(11-23-27-21)14-4-6-29-7-5-14/h2-3,8-14H,4-7H2,1H3,(H,25,26,27). The zero-order valence-corrected chi connectivity index (χ0v) is 16.1. The van der Waals surface area contributed by atoms with Gasteiger partial charge in [0.1, 0.15) is 5.82 Å². The van der Waals surface area contributed by atoms with E-state index in [1.807, 2.05) is 50.0 Å². The molecule has 1 aliphatic rings. The van der Waals surface area contributed by atoms with E-state index in [1.165, 1.54) is 5.56 Å². The predicted molar refractivity (Wildman–Crippen MR) is 110 cm³/mol. The number of ether oxygens (including phenoxy) is 1. The molecule has 5 heterocycles. The summed E-state index contributed by atoms with van der Waals surface area (Å²) in [6.45, 7) is 1.60. The molecule has 1 N–H and O–H groups in total. The minimum atomic E-state index is 0.468. The fraction of sp³-hybridized carbons (Fsp3) is 0.286. The van der Waals surface area contributed by atoms with Crippen LogP contribution in [-0.4, -0.2) is 43.2 Å². The number of aromatic nitrogens is 6. The van der Waals surface area contributed by atoms with Gasteiger partial charge >= 0.3 is 0 Å². The lowest BCUT2D eigenvalue weighted by Crippen LogP contribution is -2.14. The Hall–Kier alpha value is -3.39. The summed E-state index contributed by atoms with van der Waals surface area (Å²) < 4.78 is 7.23. The molecule has 8 heteroatoms. The van der Waals surface area contributed by atoms with E-state index >= 15 is 0 Å². The average Bonchev–Trinajstić information content (AvgIpc) is 3.20. The smallest absolute Gasteiger partial charge is 0.154 e. The lowest BCUT2D eigenvalue weighted by Gasteiger charge is -2.22. The van der Waals surface area contributed by atoms with Crippen molar-refractivity contribution in [2.75, 3.05) is 18.5 Å². The number of fused-ring (bicyclic) bond motifs is 1. The zero-order chi connectivity index (χ0) is 19.6. The Morgan fingerprint density at radius 3 is 2.72 bits per heavy atom. The van der Waals surface area contributed by atoms with E-state index in [0.29, 0.717) is 17.6 Å². The maximum absolute atomic E-state index is 5.46. The molecule has 0 unspecified atom stereocenters. The maximum Gasteiger partial charge on any atom is 0.154 e. The van der Waals surface area contributed by atoms with Crippen LogP contribution in [0.4, 0.5) is 11.6 Å². The molecule has 29 heavy (non-hydrogen) atoms. The van der Waals surface area contributed by atoms with Crippen LogP contribution in [0.3, 0.4) is 0 Å². The molecular formula is C21H21N7O. The monoisotopic (exact) mass is 387 g/mol. The molecule has 0 atom stereocenters.